The summed E-state index contributed by atoms with van der Waals surface area (Å²) in [6, 6.07) is 5.53. The Kier molecular flexibility index (Phi) is 4.62. The SMILES string of the molecule is Cc1ncsc1CN1CCO[C@@]2(CO[C@@H]3c4cccc(O)c4OC(C)(C)[C@H]3C2)C1. The summed E-state index contributed by atoms with van der Waals surface area (Å²) in [4.78, 5) is 8.17. The minimum atomic E-state index is -0.455. The molecule has 0 amide bonds. The van der Waals surface area contributed by atoms with Crippen LogP contribution in [0.25, 0.3) is 0 Å². The summed E-state index contributed by atoms with van der Waals surface area (Å²) < 4.78 is 19.1. The van der Waals surface area contributed by atoms with Crippen LogP contribution in [0.15, 0.2) is 23.7 Å². The molecule has 0 aliphatic carbocycles. The predicted molar refractivity (Wildman–Crippen MR) is 110 cm³/mol. The molecule has 6 nitrogen and oxygen atoms in total. The van der Waals surface area contributed by atoms with Crippen LogP contribution in [-0.2, 0) is 16.0 Å². The summed E-state index contributed by atoms with van der Waals surface area (Å²) in [6.45, 7) is 10.2. The van der Waals surface area contributed by atoms with Gasteiger partial charge in [0, 0.05) is 36.0 Å². The van der Waals surface area contributed by atoms with E-state index in [1.165, 1.54) is 4.88 Å². The van der Waals surface area contributed by atoms with Crippen molar-refractivity contribution in [2.45, 2.75) is 51.0 Å². The molecule has 0 saturated carbocycles. The Bertz CT molecular complexity index is 914. The van der Waals surface area contributed by atoms with Crippen molar-refractivity contribution in [2.24, 2.45) is 5.92 Å². The number of hydrogen-bond acceptors (Lipinski definition) is 7. The second kappa shape index (κ2) is 6.94. The van der Waals surface area contributed by atoms with Crippen LogP contribution in [0.4, 0.5) is 0 Å². The molecule has 3 aliphatic heterocycles. The quantitative estimate of drug-likeness (QED) is 0.806. The van der Waals surface area contributed by atoms with Crippen LogP contribution in [0.2, 0.25) is 0 Å². The molecule has 5 rings (SSSR count). The van der Waals surface area contributed by atoms with Crippen LogP contribution >= 0.6 is 11.3 Å². The van der Waals surface area contributed by atoms with Crippen molar-refractivity contribution < 1.29 is 19.3 Å². The first-order valence-electron chi connectivity index (χ1n) is 10.2. The fourth-order valence-electron chi connectivity index (χ4n) is 5.01. The fraction of sp³-hybridized carbons (Fsp3) is 0.591. The molecule has 2 fully saturated rings. The molecule has 1 N–H and O–H groups in total. The zero-order valence-corrected chi connectivity index (χ0v) is 18.0. The number of benzene rings is 1. The van der Waals surface area contributed by atoms with E-state index in [1.54, 1.807) is 17.4 Å². The maximum Gasteiger partial charge on any atom is 0.167 e. The maximum absolute atomic E-state index is 10.3. The first kappa shape index (κ1) is 19.3. The highest BCUT2D eigenvalue weighted by atomic mass is 32.1. The Morgan fingerprint density at radius 1 is 1.34 bits per heavy atom. The van der Waals surface area contributed by atoms with Gasteiger partial charge in [-0.15, -0.1) is 11.3 Å². The van der Waals surface area contributed by atoms with Gasteiger partial charge in [0.25, 0.3) is 0 Å². The number of morpholine rings is 1. The lowest BCUT2D eigenvalue weighted by Gasteiger charge is -2.54. The topological polar surface area (TPSA) is 64.1 Å². The number of nitrogens with zero attached hydrogens (tertiary/aromatic N) is 2. The molecule has 4 heterocycles. The number of thiazole rings is 1. The van der Waals surface area contributed by atoms with Crippen molar-refractivity contribution in [3.63, 3.8) is 0 Å². The number of aromatic hydroxyl groups is 1. The van der Waals surface area contributed by atoms with Crippen LogP contribution in [0.3, 0.4) is 0 Å². The number of para-hydroxylation sites is 1. The number of fused-ring (bicyclic) bond motifs is 3. The fourth-order valence-corrected chi connectivity index (χ4v) is 5.83. The van der Waals surface area contributed by atoms with Gasteiger partial charge in [-0.25, -0.2) is 4.98 Å². The Hall–Kier alpha value is -1.67. The minimum absolute atomic E-state index is 0.0887. The highest BCUT2D eigenvalue weighted by Crippen LogP contribution is 2.54. The minimum Gasteiger partial charge on any atom is -0.504 e. The van der Waals surface area contributed by atoms with Gasteiger partial charge >= 0.3 is 0 Å². The third-order valence-electron chi connectivity index (χ3n) is 6.61. The van der Waals surface area contributed by atoms with Crippen LogP contribution in [0.5, 0.6) is 11.5 Å². The molecule has 3 atom stereocenters. The monoisotopic (exact) mass is 416 g/mol. The Balaban J connectivity index is 1.39. The normalized spacial score (nSPS) is 31.1. The van der Waals surface area contributed by atoms with Crippen LogP contribution in [0.1, 0.15) is 42.5 Å². The molecule has 7 heteroatoms. The number of aromatic nitrogens is 1. The molecule has 0 radical (unpaired) electrons. The van der Waals surface area contributed by atoms with Crippen molar-refractivity contribution in [3.8, 4) is 11.5 Å². The highest BCUT2D eigenvalue weighted by Gasteiger charge is 2.54. The number of ether oxygens (including phenoxy) is 3. The molecule has 1 spiro atoms. The number of hydrogen-bond donors (Lipinski definition) is 1. The van der Waals surface area contributed by atoms with Gasteiger partial charge in [-0.2, -0.15) is 0 Å². The molecular weight excluding hydrogens is 388 g/mol. The summed E-state index contributed by atoms with van der Waals surface area (Å²) in [5.41, 5.74) is 3.20. The van der Waals surface area contributed by atoms with E-state index in [4.69, 9.17) is 14.2 Å². The summed E-state index contributed by atoms with van der Waals surface area (Å²) in [7, 11) is 0. The molecular formula is C22H28N2O4S. The summed E-state index contributed by atoms with van der Waals surface area (Å²) in [5, 5.41) is 10.3. The lowest BCUT2D eigenvalue weighted by Crippen LogP contribution is -2.61. The first-order chi connectivity index (χ1) is 13.9. The number of phenolic OH excluding ortho intramolecular Hbond substituents is 1. The van der Waals surface area contributed by atoms with E-state index in [0.717, 1.165) is 37.3 Å². The predicted octanol–water partition coefficient (Wildman–Crippen LogP) is 3.68. The van der Waals surface area contributed by atoms with E-state index in [1.807, 2.05) is 17.6 Å². The molecule has 0 bridgehead atoms. The van der Waals surface area contributed by atoms with E-state index >= 15 is 0 Å². The lowest BCUT2D eigenvalue weighted by molar-refractivity contribution is -0.231. The van der Waals surface area contributed by atoms with Crippen molar-refractivity contribution in [3.05, 3.63) is 39.8 Å². The van der Waals surface area contributed by atoms with E-state index in [9.17, 15) is 5.11 Å². The first-order valence-corrected chi connectivity index (χ1v) is 11.1. The Labute approximate surface area is 175 Å². The van der Waals surface area contributed by atoms with Gasteiger partial charge in [-0.05, 0) is 33.3 Å². The summed E-state index contributed by atoms with van der Waals surface area (Å²) in [6.07, 6.45) is 0.784. The van der Waals surface area contributed by atoms with Crippen molar-refractivity contribution >= 4 is 11.3 Å². The van der Waals surface area contributed by atoms with Crippen LogP contribution in [-0.4, -0.2) is 52.5 Å². The van der Waals surface area contributed by atoms with Gasteiger partial charge in [0.15, 0.2) is 11.5 Å². The third-order valence-corrected chi connectivity index (χ3v) is 7.53. The Morgan fingerprint density at radius 3 is 3.00 bits per heavy atom. The molecule has 29 heavy (non-hydrogen) atoms. The third kappa shape index (κ3) is 3.34. The molecule has 1 aromatic heterocycles. The van der Waals surface area contributed by atoms with Gasteiger partial charge < -0.3 is 19.3 Å². The van der Waals surface area contributed by atoms with Crippen molar-refractivity contribution in [1.82, 2.24) is 9.88 Å². The van der Waals surface area contributed by atoms with E-state index in [2.05, 4.69) is 30.7 Å². The second-order valence-corrected chi connectivity index (χ2v) is 9.99. The van der Waals surface area contributed by atoms with E-state index < -0.39 is 5.60 Å². The van der Waals surface area contributed by atoms with Gasteiger partial charge in [0.1, 0.15) is 11.2 Å². The largest absolute Gasteiger partial charge is 0.504 e. The van der Waals surface area contributed by atoms with Gasteiger partial charge in [0.2, 0.25) is 0 Å². The van der Waals surface area contributed by atoms with Crippen molar-refractivity contribution in [1.29, 1.82) is 0 Å². The highest BCUT2D eigenvalue weighted by molar-refractivity contribution is 7.09. The van der Waals surface area contributed by atoms with E-state index in [0.29, 0.717) is 19.0 Å². The summed E-state index contributed by atoms with van der Waals surface area (Å²) in [5.74, 6) is 0.884. The zero-order chi connectivity index (χ0) is 20.2. The standard InChI is InChI=1S/C22H28N2O4S/c1-14-18(29-13-23-14)10-24-7-8-27-22(11-24)9-16-19(26-12-22)15-5-4-6-17(25)20(15)28-21(16,2)3/h4-6,13,16,19,25H,7-12H2,1-3H3/t16-,19+,22+/m0/s1. The zero-order valence-electron chi connectivity index (χ0n) is 17.2. The molecule has 2 aromatic rings. The molecule has 156 valence electrons. The number of phenols is 1. The second-order valence-electron chi connectivity index (χ2n) is 9.05. The van der Waals surface area contributed by atoms with Crippen LogP contribution in [0, 0.1) is 12.8 Å². The number of rotatable bonds is 2. The summed E-state index contributed by atoms with van der Waals surface area (Å²) >= 11 is 1.72. The van der Waals surface area contributed by atoms with E-state index in [-0.39, 0.29) is 23.4 Å². The van der Waals surface area contributed by atoms with Gasteiger partial charge in [-0.3, -0.25) is 4.90 Å². The van der Waals surface area contributed by atoms with Crippen LogP contribution < -0.4 is 4.74 Å². The van der Waals surface area contributed by atoms with Crippen molar-refractivity contribution in [2.75, 3.05) is 26.3 Å². The molecule has 1 aromatic carbocycles. The Morgan fingerprint density at radius 2 is 2.21 bits per heavy atom. The molecule has 3 aliphatic rings. The maximum atomic E-state index is 10.3. The smallest absolute Gasteiger partial charge is 0.167 e. The lowest BCUT2D eigenvalue weighted by atomic mass is 9.71. The average Bonchev–Trinajstić information content (AvgIpc) is 3.08. The number of aryl methyl sites for hydroxylation is 1. The van der Waals surface area contributed by atoms with Gasteiger partial charge in [0.05, 0.1) is 30.5 Å². The molecule has 0 unspecified atom stereocenters. The van der Waals surface area contributed by atoms with Gasteiger partial charge in [-0.1, -0.05) is 12.1 Å². The average molecular weight is 417 g/mol. The molecule has 2 saturated heterocycles.